The van der Waals surface area contributed by atoms with E-state index >= 15 is 0 Å². The van der Waals surface area contributed by atoms with Gasteiger partial charge in [-0.3, -0.25) is 9.59 Å². The molecule has 0 spiro atoms. The van der Waals surface area contributed by atoms with Gasteiger partial charge in [-0.05, 0) is 36.2 Å². The lowest BCUT2D eigenvalue weighted by Gasteiger charge is -2.06. The summed E-state index contributed by atoms with van der Waals surface area (Å²) in [5.41, 5.74) is 4.99. The topological polar surface area (TPSA) is 70.6 Å². The summed E-state index contributed by atoms with van der Waals surface area (Å²) in [6.45, 7) is 1.98. The molecule has 2 rings (SSSR count). The molecule has 0 saturated heterocycles. The van der Waals surface area contributed by atoms with E-state index in [1.165, 1.54) is 0 Å². The molecular formula is C19H20BrN3O2. The molecule has 2 aromatic rings. The fourth-order valence-corrected chi connectivity index (χ4v) is 2.41. The van der Waals surface area contributed by atoms with Crippen molar-refractivity contribution in [3.05, 3.63) is 64.6 Å². The number of hydrogen-bond donors (Lipinski definition) is 2. The number of hydrogen-bond acceptors (Lipinski definition) is 3. The van der Waals surface area contributed by atoms with Crippen LogP contribution in [0.25, 0.3) is 0 Å². The Morgan fingerprint density at radius 3 is 2.24 bits per heavy atom. The SMILES string of the molecule is CCC(=NNC(=O)CCC(=O)Nc1ccc(Br)cc1)c1ccccc1. The van der Waals surface area contributed by atoms with E-state index in [1.807, 2.05) is 49.4 Å². The molecule has 0 heterocycles. The minimum Gasteiger partial charge on any atom is -0.326 e. The molecule has 2 aromatic carbocycles. The van der Waals surface area contributed by atoms with Crippen molar-refractivity contribution in [2.75, 3.05) is 5.32 Å². The Labute approximate surface area is 155 Å². The number of carbonyl (C=O) groups is 2. The van der Waals surface area contributed by atoms with Gasteiger partial charge in [0.1, 0.15) is 0 Å². The summed E-state index contributed by atoms with van der Waals surface area (Å²) in [7, 11) is 0. The maximum Gasteiger partial charge on any atom is 0.240 e. The first-order valence-corrected chi connectivity index (χ1v) is 8.84. The van der Waals surface area contributed by atoms with Gasteiger partial charge >= 0.3 is 0 Å². The number of amides is 2. The van der Waals surface area contributed by atoms with E-state index in [0.717, 1.165) is 15.7 Å². The highest BCUT2D eigenvalue weighted by Crippen LogP contribution is 2.14. The van der Waals surface area contributed by atoms with Gasteiger partial charge in [0.05, 0.1) is 5.71 Å². The smallest absolute Gasteiger partial charge is 0.240 e. The van der Waals surface area contributed by atoms with Crippen molar-refractivity contribution in [3.8, 4) is 0 Å². The van der Waals surface area contributed by atoms with Gasteiger partial charge < -0.3 is 5.32 Å². The van der Waals surface area contributed by atoms with E-state index in [0.29, 0.717) is 12.1 Å². The number of nitrogens with zero attached hydrogens (tertiary/aromatic N) is 1. The second-order valence-corrected chi connectivity index (χ2v) is 6.28. The van der Waals surface area contributed by atoms with Crippen LogP contribution in [0.4, 0.5) is 5.69 Å². The van der Waals surface area contributed by atoms with E-state index in [2.05, 4.69) is 31.8 Å². The molecule has 0 atom stereocenters. The molecule has 0 bridgehead atoms. The first-order chi connectivity index (χ1) is 12.1. The summed E-state index contributed by atoms with van der Waals surface area (Å²) in [5, 5.41) is 6.92. The van der Waals surface area contributed by atoms with Crippen LogP contribution in [-0.4, -0.2) is 17.5 Å². The van der Waals surface area contributed by atoms with Crippen molar-refractivity contribution in [2.24, 2.45) is 5.10 Å². The van der Waals surface area contributed by atoms with Gasteiger partial charge in [-0.25, -0.2) is 5.43 Å². The Kier molecular flexibility index (Phi) is 7.35. The van der Waals surface area contributed by atoms with Crippen LogP contribution in [0.15, 0.2) is 64.2 Å². The minimum absolute atomic E-state index is 0.0810. The number of anilines is 1. The summed E-state index contributed by atoms with van der Waals surface area (Å²) >= 11 is 3.34. The lowest BCUT2D eigenvalue weighted by Crippen LogP contribution is -2.22. The molecule has 130 valence electrons. The Morgan fingerprint density at radius 1 is 0.960 bits per heavy atom. The zero-order valence-corrected chi connectivity index (χ0v) is 15.5. The molecule has 0 aliphatic heterocycles. The highest BCUT2D eigenvalue weighted by molar-refractivity contribution is 9.10. The van der Waals surface area contributed by atoms with Crippen molar-refractivity contribution in [2.45, 2.75) is 26.2 Å². The molecule has 6 heteroatoms. The lowest BCUT2D eigenvalue weighted by molar-refractivity contribution is -0.124. The third-order valence-corrected chi connectivity index (χ3v) is 3.99. The minimum atomic E-state index is -0.284. The predicted octanol–water partition coefficient (Wildman–Crippen LogP) is 4.10. The molecule has 0 unspecified atom stereocenters. The normalized spacial score (nSPS) is 11.0. The third-order valence-electron chi connectivity index (χ3n) is 3.46. The monoisotopic (exact) mass is 401 g/mol. The van der Waals surface area contributed by atoms with Crippen LogP contribution in [0.2, 0.25) is 0 Å². The molecule has 25 heavy (non-hydrogen) atoms. The number of nitrogens with one attached hydrogen (secondary N) is 2. The molecule has 0 aliphatic carbocycles. The van der Waals surface area contributed by atoms with Gasteiger partial charge in [0, 0.05) is 23.0 Å². The van der Waals surface area contributed by atoms with Gasteiger partial charge in [0.15, 0.2) is 0 Å². The molecule has 0 aliphatic rings. The van der Waals surface area contributed by atoms with Crippen LogP contribution in [0.5, 0.6) is 0 Å². The fourth-order valence-electron chi connectivity index (χ4n) is 2.15. The number of hydrazone groups is 1. The van der Waals surface area contributed by atoms with Crippen molar-refractivity contribution < 1.29 is 9.59 Å². The second kappa shape index (κ2) is 9.74. The van der Waals surface area contributed by atoms with Crippen LogP contribution in [-0.2, 0) is 9.59 Å². The van der Waals surface area contributed by atoms with E-state index in [-0.39, 0.29) is 24.7 Å². The first kappa shape index (κ1) is 18.9. The average Bonchev–Trinajstić information content (AvgIpc) is 2.63. The van der Waals surface area contributed by atoms with E-state index in [4.69, 9.17) is 0 Å². The Balaban J connectivity index is 1.80. The Hall–Kier alpha value is -2.47. The Bertz CT molecular complexity index is 743. The number of halogens is 1. The van der Waals surface area contributed by atoms with Crippen molar-refractivity contribution >= 4 is 39.1 Å². The van der Waals surface area contributed by atoms with Crippen molar-refractivity contribution in [3.63, 3.8) is 0 Å². The molecule has 0 radical (unpaired) electrons. The molecule has 0 saturated carbocycles. The number of rotatable bonds is 7. The average molecular weight is 402 g/mol. The predicted molar refractivity (Wildman–Crippen MR) is 103 cm³/mol. The largest absolute Gasteiger partial charge is 0.326 e. The van der Waals surface area contributed by atoms with Crippen LogP contribution >= 0.6 is 15.9 Å². The maximum absolute atomic E-state index is 11.9. The molecule has 0 aromatic heterocycles. The maximum atomic E-state index is 11.9. The van der Waals surface area contributed by atoms with Gasteiger partial charge in [0.2, 0.25) is 11.8 Å². The lowest BCUT2D eigenvalue weighted by atomic mass is 10.1. The summed E-state index contributed by atoms with van der Waals surface area (Å²) in [5.74, 6) is -0.493. The zero-order valence-electron chi connectivity index (χ0n) is 14.0. The van der Waals surface area contributed by atoms with Crippen molar-refractivity contribution in [1.29, 1.82) is 0 Å². The number of carbonyl (C=O) groups excluding carboxylic acids is 2. The van der Waals surface area contributed by atoms with Gasteiger partial charge in [-0.2, -0.15) is 5.10 Å². The van der Waals surface area contributed by atoms with E-state index in [9.17, 15) is 9.59 Å². The van der Waals surface area contributed by atoms with Gasteiger partial charge in [-0.15, -0.1) is 0 Å². The highest BCUT2D eigenvalue weighted by Gasteiger charge is 2.08. The molecule has 2 amide bonds. The number of benzene rings is 2. The summed E-state index contributed by atoms with van der Waals surface area (Å²) in [6, 6.07) is 16.9. The quantitative estimate of drug-likeness (QED) is 0.541. The third kappa shape index (κ3) is 6.51. The van der Waals surface area contributed by atoms with Crippen molar-refractivity contribution in [1.82, 2.24) is 5.43 Å². The van der Waals surface area contributed by atoms with Crippen LogP contribution in [0.1, 0.15) is 31.7 Å². The summed E-state index contributed by atoms with van der Waals surface area (Å²) < 4.78 is 0.938. The summed E-state index contributed by atoms with van der Waals surface area (Å²) in [6.07, 6.45) is 0.885. The molecule has 2 N–H and O–H groups in total. The standard InChI is InChI=1S/C19H20BrN3O2/c1-2-17(14-6-4-3-5-7-14)22-23-19(25)13-12-18(24)21-16-10-8-15(20)9-11-16/h3-11H,2,12-13H2,1H3,(H,21,24)(H,23,25). The fraction of sp³-hybridized carbons (Fsp3) is 0.211. The first-order valence-electron chi connectivity index (χ1n) is 8.04. The van der Waals surface area contributed by atoms with Gasteiger partial charge in [0.25, 0.3) is 0 Å². The van der Waals surface area contributed by atoms with Gasteiger partial charge in [-0.1, -0.05) is 53.2 Å². The van der Waals surface area contributed by atoms with E-state index < -0.39 is 0 Å². The van der Waals surface area contributed by atoms with E-state index in [1.54, 1.807) is 12.1 Å². The van der Waals surface area contributed by atoms with Crippen LogP contribution in [0, 0.1) is 0 Å². The Morgan fingerprint density at radius 2 is 1.60 bits per heavy atom. The van der Waals surface area contributed by atoms with Crippen LogP contribution in [0.3, 0.4) is 0 Å². The van der Waals surface area contributed by atoms with Crippen LogP contribution < -0.4 is 10.7 Å². The molecular weight excluding hydrogens is 382 g/mol. The summed E-state index contributed by atoms with van der Waals surface area (Å²) in [4.78, 5) is 23.8. The molecule has 5 nitrogen and oxygen atoms in total. The highest BCUT2D eigenvalue weighted by atomic mass is 79.9. The molecule has 0 fully saturated rings. The zero-order chi connectivity index (χ0) is 18.1. The second-order valence-electron chi connectivity index (χ2n) is 5.37.